The number of aromatic nitrogens is 2. The van der Waals surface area contributed by atoms with Crippen LogP contribution in [0.2, 0.25) is 5.02 Å². The summed E-state index contributed by atoms with van der Waals surface area (Å²) in [5.74, 6) is 0.0962. The Morgan fingerprint density at radius 2 is 1.64 bits per heavy atom. The molecule has 0 unspecified atom stereocenters. The number of carbonyl (C=O) groups is 1. The molecule has 5 heteroatoms. The highest BCUT2D eigenvalue weighted by molar-refractivity contribution is 6.31. The standard InChI is InChI=1S/C20H10ClFN2O/c21-14-8-16-17(9-15(14)22)24-20(23-16)13-7-3-6-12-18(13)10-4-1-2-5-11(10)19(12)25/h1-9H,(H,23,24). The molecule has 0 fully saturated rings. The number of nitrogens with zero attached hydrogens (tertiary/aromatic N) is 1. The summed E-state index contributed by atoms with van der Waals surface area (Å²) in [5.41, 5.74) is 5.04. The summed E-state index contributed by atoms with van der Waals surface area (Å²) in [7, 11) is 0. The monoisotopic (exact) mass is 348 g/mol. The van der Waals surface area contributed by atoms with Gasteiger partial charge >= 0.3 is 0 Å². The number of imidazole rings is 1. The Balaban J connectivity index is 1.80. The number of fused-ring (bicyclic) bond motifs is 4. The summed E-state index contributed by atoms with van der Waals surface area (Å²) >= 11 is 5.85. The Labute approximate surface area is 147 Å². The number of H-pyrrole nitrogens is 1. The van der Waals surface area contributed by atoms with E-state index in [2.05, 4.69) is 9.97 Å². The first-order chi connectivity index (χ1) is 12.1. The Bertz CT molecular complexity index is 1160. The van der Waals surface area contributed by atoms with Crippen LogP contribution in [-0.4, -0.2) is 15.8 Å². The molecule has 3 nitrogen and oxygen atoms in total. The maximum absolute atomic E-state index is 13.7. The number of hydrogen-bond donors (Lipinski definition) is 1. The van der Waals surface area contributed by atoms with Crippen molar-refractivity contribution in [3.63, 3.8) is 0 Å². The Morgan fingerprint density at radius 1 is 0.920 bits per heavy atom. The van der Waals surface area contributed by atoms with Crippen molar-refractivity contribution in [2.24, 2.45) is 0 Å². The van der Waals surface area contributed by atoms with Crippen LogP contribution in [0.1, 0.15) is 15.9 Å². The summed E-state index contributed by atoms with van der Waals surface area (Å²) in [6.07, 6.45) is 0. The first-order valence-corrected chi connectivity index (χ1v) is 8.13. The van der Waals surface area contributed by atoms with E-state index < -0.39 is 5.82 Å². The fraction of sp³-hybridized carbons (Fsp3) is 0. The SMILES string of the molecule is O=C1c2ccccc2-c2c1cccc2-c1nc2cc(Cl)c(F)cc2[nH]1. The zero-order valence-electron chi connectivity index (χ0n) is 12.8. The van der Waals surface area contributed by atoms with Crippen LogP contribution in [0.4, 0.5) is 4.39 Å². The second-order valence-electron chi connectivity index (χ2n) is 5.97. The zero-order chi connectivity index (χ0) is 17.1. The van der Waals surface area contributed by atoms with E-state index in [0.717, 1.165) is 16.7 Å². The molecule has 1 aromatic heterocycles. The quantitative estimate of drug-likeness (QED) is 0.450. The van der Waals surface area contributed by atoms with Crippen molar-refractivity contribution in [2.45, 2.75) is 0 Å². The number of ketones is 1. The Morgan fingerprint density at radius 3 is 2.48 bits per heavy atom. The van der Waals surface area contributed by atoms with Gasteiger partial charge < -0.3 is 4.98 Å². The van der Waals surface area contributed by atoms with Crippen LogP contribution in [0.25, 0.3) is 33.5 Å². The van der Waals surface area contributed by atoms with Gasteiger partial charge in [-0.1, -0.05) is 54.1 Å². The van der Waals surface area contributed by atoms with Crippen molar-refractivity contribution in [2.75, 3.05) is 0 Å². The van der Waals surface area contributed by atoms with Gasteiger partial charge in [0.05, 0.1) is 16.1 Å². The molecule has 0 saturated heterocycles. The van der Waals surface area contributed by atoms with E-state index in [-0.39, 0.29) is 10.8 Å². The minimum Gasteiger partial charge on any atom is -0.338 e. The summed E-state index contributed by atoms with van der Waals surface area (Å²) < 4.78 is 13.7. The lowest BCUT2D eigenvalue weighted by atomic mass is 9.99. The smallest absolute Gasteiger partial charge is 0.194 e. The van der Waals surface area contributed by atoms with Crippen LogP contribution in [0, 0.1) is 5.82 Å². The van der Waals surface area contributed by atoms with Crippen molar-refractivity contribution in [3.8, 4) is 22.5 Å². The highest BCUT2D eigenvalue weighted by Gasteiger charge is 2.29. The van der Waals surface area contributed by atoms with Crippen molar-refractivity contribution in [3.05, 3.63) is 76.6 Å². The van der Waals surface area contributed by atoms with Crippen LogP contribution >= 0.6 is 11.6 Å². The number of halogens is 2. The molecule has 4 aromatic rings. The number of benzene rings is 3. The molecule has 5 rings (SSSR count). The first-order valence-electron chi connectivity index (χ1n) is 7.76. The molecule has 0 bridgehead atoms. The normalized spacial score (nSPS) is 12.5. The maximum Gasteiger partial charge on any atom is 0.194 e. The van der Waals surface area contributed by atoms with E-state index in [9.17, 15) is 9.18 Å². The molecular formula is C20H10ClFN2O. The number of carbonyl (C=O) groups excluding carboxylic acids is 1. The Kier molecular flexibility index (Phi) is 2.88. The molecule has 1 heterocycles. The minimum atomic E-state index is -0.497. The van der Waals surface area contributed by atoms with Crippen molar-refractivity contribution < 1.29 is 9.18 Å². The largest absolute Gasteiger partial charge is 0.338 e. The van der Waals surface area contributed by atoms with E-state index in [1.54, 1.807) is 0 Å². The lowest BCUT2D eigenvalue weighted by Crippen LogP contribution is -1.94. The van der Waals surface area contributed by atoms with Crippen LogP contribution < -0.4 is 0 Å². The first kappa shape index (κ1) is 14.4. The van der Waals surface area contributed by atoms with Crippen molar-refractivity contribution >= 4 is 28.4 Å². The molecule has 1 aliphatic rings. The van der Waals surface area contributed by atoms with Crippen LogP contribution in [0.3, 0.4) is 0 Å². The highest BCUT2D eigenvalue weighted by Crippen LogP contribution is 2.42. The molecule has 1 N–H and O–H groups in total. The lowest BCUT2D eigenvalue weighted by Gasteiger charge is -2.06. The average Bonchev–Trinajstić information content (AvgIpc) is 3.15. The van der Waals surface area contributed by atoms with Gasteiger partial charge in [-0.05, 0) is 11.6 Å². The summed E-state index contributed by atoms with van der Waals surface area (Å²) in [6.45, 7) is 0. The molecule has 0 radical (unpaired) electrons. The number of nitrogens with one attached hydrogen (secondary N) is 1. The number of rotatable bonds is 1. The molecular weight excluding hydrogens is 339 g/mol. The zero-order valence-corrected chi connectivity index (χ0v) is 13.6. The van der Waals surface area contributed by atoms with Gasteiger partial charge in [-0.3, -0.25) is 4.79 Å². The van der Waals surface area contributed by atoms with Gasteiger partial charge in [0.2, 0.25) is 0 Å². The predicted molar refractivity (Wildman–Crippen MR) is 95.4 cm³/mol. The third-order valence-corrected chi connectivity index (χ3v) is 4.82. The topological polar surface area (TPSA) is 45.8 Å². The van der Waals surface area contributed by atoms with E-state index in [1.807, 2.05) is 42.5 Å². The third kappa shape index (κ3) is 1.98. The van der Waals surface area contributed by atoms with Gasteiger partial charge in [-0.25, -0.2) is 9.37 Å². The summed E-state index contributed by atoms with van der Waals surface area (Å²) in [6, 6.07) is 15.9. The molecule has 0 amide bonds. The molecule has 3 aromatic carbocycles. The van der Waals surface area contributed by atoms with Gasteiger partial charge in [-0.2, -0.15) is 0 Å². The number of aromatic amines is 1. The fourth-order valence-electron chi connectivity index (χ4n) is 3.41. The van der Waals surface area contributed by atoms with Gasteiger partial charge in [0.25, 0.3) is 0 Å². The fourth-order valence-corrected chi connectivity index (χ4v) is 3.56. The predicted octanol–water partition coefficient (Wildman–Crippen LogP) is 5.23. The highest BCUT2D eigenvalue weighted by atomic mass is 35.5. The maximum atomic E-state index is 13.7. The van der Waals surface area contributed by atoms with Crippen molar-refractivity contribution in [1.82, 2.24) is 9.97 Å². The van der Waals surface area contributed by atoms with Crippen molar-refractivity contribution in [1.29, 1.82) is 0 Å². The minimum absolute atomic E-state index is 0.0117. The van der Waals surface area contributed by atoms with Gasteiger partial charge in [0, 0.05) is 28.3 Å². The van der Waals surface area contributed by atoms with Gasteiger partial charge in [-0.15, -0.1) is 0 Å². The van der Waals surface area contributed by atoms with Crippen LogP contribution in [-0.2, 0) is 0 Å². The molecule has 120 valence electrons. The molecule has 0 saturated carbocycles. The van der Waals surface area contributed by atoms with E-state index in [4.69, 9.17) is 11.6 Å². The van der Waals surface area contributed by atoms with E-state index in [0.29, 0.717) is 28.0 Å². The molecule has 25 heavy (non-hydrogen) atoms. The summed E-state index contributed by atoms with van der Waals surface area (Å²) in [5, 5.41) is 0.0318. The molecule has 0 aliphatic heterocycles. The van der Waals surface area contributed by atoms with Crippen LogP contribution in [0.5, 0.6) is 0 Å². The summed E-state index contributed by atoms with van der Waals surface area (Å²) in [4.78, 5) is 20.3. The molecule has 0 spiro atoms. The third-order valence-electron chi connectivity index (χ3n) is 4.53. The Hall–Kier alpha value is -2.98. The average molecular weight is 349 g/mol. The van der Waals surface area contributed by atoms with Gasteiger partial charge in [0.15, 0.2) is 5.78 Å². The molecule has 0 atom stereocenters. The van der Waals surface area contributed by atoms with Gasteiger partial charge in [0.1, 0.15) is 11.6 Å². The second-order valence-corrected chi connectivity index (χ2v) is 6.38. The number of hydrogen-bond acceptors (Lipinski definition) is 2. The van der Waals surface area contributed by atoms with Crippen LogP contribution in [0.15, 0.2) is 54.6 Å². The van der Waals surface area contributed by atoms with E-state index in [1.165, 1.54) is 12.1 Å². The van der Waals surface area contributed by atoms with E-state index >= 15 is 0 Å². The second kappa shape index (κ2) is 5.01. The lowest BCUT2D eigenvalue weighted by molar-refractivity contribution is 0.104. The molecule has 1 aliphatic carbocycles.